The van der Waals surface area contributed by atoms with E-state index in [0.717, 1.165) is 53.0 Å². The second kappa shape index (κ2) is 9.71. The summed E-state index contributed by atoms with van der Waals surface area (Å²) in [6, 6.07) is 14.6. The van der Waals surface area contributed by atoms with Gasteiger partial charge in [-0.1, -0.05) is 18.2 Å². The summed E-state index contributed by atoms with van der Waals surface area (Å²) in [4.78, 5) is 15.3. The molecule has 2 aromatic carbocycles. The van der Waals surface area contributed by atoms with Gasteiger partial charge >= 0.3 is 6.09 Å². The van der Waals surface area contributed by atoms with E-state index in [9.17, 15) is 4.79 Å². The van der Waals surface area contributed by atoms with Gasteiger partial charge in [-0.3, -0.25) is 4.57 Å². The van der Waals surface area contributed by atoms with Crippen LogP contribution < -0.4 is 4.74 Å². The van der Waals surface area contributed by atoms with Gasteiger partial charge in [0.05, 0.1) is 11.2 Å². The van der Waals surface area contributed by atoms with Gasteiger partial charge in [0.1, 0.15) is 17.5 Å². The molecule has 0 radical (unpaired) electrons. The molecule has 0 amide bonds. The van der Waals surface area contributed by atoms with Crippen molar-refractivity contribution in [1.82, 2.24) is 19.2 Å². The van der Waals surface area contributed by atoms with Crippen molar-refractivity contribution in [3.8, 4) is 11.4 Å². The third kappa shape index (κ3) is 5.14. The highest BCUT2D eigenvalue weighted by molar-refractivity contribution is 5.96. The largest absolute Gasteiger partial charge is 0.489 e. The molecule has 2 atom stereocenters. The van der Waals surface area contributed by atoms with Crippen molar-refractivity contribution in [3.05, 3.63) is 77.7 Å². The highest BCUT2D eigenvalue weighted by Gasteiger charge is 2.32. The van der Waals surface area contributed by atoms with Crippen molar-refractivity contribution in [1.29, 1.82) is 0 Å². The summed E-state index contributed by atoms with van der Waals surface area (Å²) in [6.07, 6.45) is 6.08. The average Bonchev–Trinajstić information content (AvgIpc) is 3.52. The van der Waals surface area contributed by atoms with E-state index in [1.807, 2.05) is 50.7 Å². The van der Waals surface area contributed by atoms with Gasteiger partial charge in [-0.05, 0) is 89.0 Å². The van der Waals surface area contributed by atoms with E-state index >= 15 is 0 Å². The summed E-state index contributed by atoms with van der Waals surface area (Å²) in [6.45, 7) is 11.6. The van der Waals surface area contributed by atoms with Gasteiger partial charge in [0.25, 0.3) is 0 Å². The van der Waals surface area contributed by atoms with Crippen LogP contribution in [0.4, 0.5) is 4.79 Å². The molecule has 1 aliphatic heterocycles. The summed E-state index contributed by atoms with van der Waals surface area (Å²) >= 11 is 0. The molecule has 194 valence electrons. The number of aryl methyl sites for hydroxylation is 2. The summed E-state index contributed by atoms with van der Waals surface area (Å²) < 4.78 is 16.0. The van der Waals surface area contributed by atoms with Crippen LogP contribution in [-0.2, 0) is 4.74 Å². The summed E-state index contributed by atoms with van der Waals surface area (Å²) in [5.74, 6) is 1.06. The number of piperidine rings is 1. The molecule has 1 fully saturated rings. The fourth-order valence-corrected chi connectivity index (χ4v) is 5.31. The van der Waals surface area contributed by atoms with Crippen LogP contribution in [-0.4, -0.2) is 57.2 Å². The SMILES string of the molecule is Cc1cc(C)c2c(ccn2C(=O)OC(C)(C)C)c1OC1CCN(C)CC1c1ccc(-n2cccn2)cc1. The highest BCUT2D eigenvalue weighted by atomic mass is 16.6. The summed E-state index contributed by atoms with van der Waals surface area (Å²) in [7, 11) is 2.16. The maximum Gasteiger partial charge on any atom is 0.419 e. The van der Waals surface area contributed by atoms with Crippen molar-refractivity contribution in [3.63, 3.8) is 0 Å². The van der Waals surface area contributed by atoms with E-state index in [1.54, 1.807) is 17.0 Å². The Kier molecular flexibility index (Phi) is 6.58. The number of likely N-dealkylation sites (tertiary alicyclic amines) is 1. The lowest BCUT2D eigenvalue weighted by Gasteiger charge is -2.37. The Morgan fingerprint density at radius 3 is 2.49 bits per heavy atom. The predicted molar refractivity (Wildman–Crippen MR) is 146 cm³/mol. The third-order valence-electron chi connectivity index (χ3n) is 7.00. The molecular weight excluding hydrogens is 464 g/mol. The lowest BCUT2D eigenvalue weighted by Crippen LogP contribution is -2.42. The molecule has 7 heteroatoms. The maximum absolute atomic E-state index is 12.9. The summed E-state index contributed by atoms with van der Waals surface area (Å²) in [5, 5.41) is 5.28. The molecule has 0 spiro atoms. The summed E-state index contributed by atoms with van der Waals surface area (Å²) in [5.41, 5.74) is 4.64. The van der Waals surface area contributed by atoms with Crippen LogP contribution in [0.25, 0.3) is 16.6 Å². The Morgan fingerprint density at radius 2 is 1.81 bits per heavy atom. The normalized spacial score (nSPS) is 18.8. The van der Waals surface area contributed by atoms with Crippen molar-refractivity contribution in [2.24, 2.45) is 0 Å². The Bertz CT molecular complexity index is 1400. The third-order valence-corrected chi connectivity index (χ3v) is 7.00. The quantitative estimate of drug-likeness (QED) is 0.339. The van der Waals surface area contributed by atoms with Gasteiger partial charge < -0.3 is 14.4 Å². The van der Waals surface area contributed by atoms with Gasteiger partial charge in [0, 0.05) is 43.0 Å². The number of benzene rings is 2. The minimum Gasteiger partial charge on any atom is -0.489 e. The number of rotatable bonds is 4. The van der Waals surface area contributed by atoms with Crippen LogP contribution in [0, 0.1) is 13.8 Å². The first kappa shape index (κ1) is 25.1. The molecule has 1 aliphatic rings. The molecule has 0 aliphatic carbocycles. The zero-order chi connectivity index (χ0) is 26.3. The number of ether oxygens (including phenoxy) is 2. The Labute approximate surface area is 218 Å². The lowest BCUT2D eigenvalue weighted by atomic mass is 9.87. The number of hydrogen-bond acceptors (Lipinski definition) is 5. The van der Waals surface area contributed by atoms with E-state index in [1.165, 1.54) is 5.56 Å². The molecule has 0 N–H and O–H groups in total. The van der Waals surface area contributed by atoms with Gasteiger partial charge in [-0.25, -0.2) is 9.48 Å². The molecular formula is C30H36N4O3. The van der Waals surface area contributed by atoms with Crippen LogP contribution >= 0.6 is 0 Å². The average molecular weight is 501 g/mol. The molecule has 0 saturated carbocycles. The smallest absolute Gasteiger partial charge is 0.419 e. The highest BCUT2D eigenvalue weighted by Crippen LogP contribution is 2.38. The Morgan fingerprint density at radius 1 is 1.05 bits per heavy atom. The van der Waals surface area contributed by atoms with Crippen LogP contribution in [0.5, 0.6) is 5.75 Å². The van der Waals surface area contributed by atoms with Gasteiger partial charge in [-0.2, -0.15) is 5.10 Å². The molecule has 1 saturated heterocycles. The number of likely N-dealkylation sites (N-methyl/N-ethyl adjacent to an activating group) is 1. The second-order valence-electron chi connectivity index (χ2n) is 11.1. The molecule has 37 heavy (non-hydrogen) atoms. The Balaban J connectivity index is 1.47. The number of carbonyl (C=O) groups is 1. The topological polar surface area (TPSA) is 61.5 Å². The van der Waals surface area contributed by atoms with Crippen LogP contribution in [0.2, 0.25) is 0 Å². The number of aromatic nitrogens is 3. The minimum atomic E-state index is -0.570. The molecule has 2 aromatic heterocycles. The van der Waals surface area contributed by atoms with Gasteiger partial charge in [0.15, 0.2) is 0 Å². The number of carbonyl (C=O) groups excluding carboxylic acids is 1. The Hall–Kier alpha value is -3.58. The first-order valence-electron chi connectivity index (χ1n) is 12.9. The second-order valence-corrected chi connectivity index (χ2v) is 11.1. The van der Waals surface area contributed by atoms with E-state index in [4.69, 9.17) is 9.47 Å². The number of nitrogens with zero attached hydrogens (tertiary/aromatic N) is 4. The first-order chi connectivity index (χ1) is 17.6. The van der Waals surface area contributed by atoms with E-state index in [2.05, 4.69) is 54.3 Å². The van der Waals surface area contributed by atoms with Crippen LogP contribution in [0.15, 0.2) is 61.1 Å². The van der Waals surface area contributed by atoms with Crippen molar-refractivity contribution < 1.29 is 14.3 Å². The molecule has 4 aromatic rings. The maximum atomic E-state index is 12.9. The fourth-order valence-electron chi connectivity index (χ4n) is 5.31. The van der Waals surface area contributed by atoms with Crippen molar-refractivity contribution >= 4 is 17.0 Å². The van der Waals surface area contributed by atoms with Crippen LogP contribution in [0.1, 0.15) is 49.8 Å². The standard InChI is InChI=1S/C30H36N4O3/c1-20-18-21(2)28(24-12-17-33(27(20)24)29(35)37-30(3,4)5)36-26-13-16-32(6)19-25(26)22-8-10-23(11-9-22)34-15-7-14-31-34/h7-12,14-15,17-18,25-26H,13,16,19H2,1-6H3. The molecule has 2 unspecified atom stereocenters. The fraction of sp³-hybridized carbons (Fsp3) is 0.400. The number of fused-ring (bicyclic) bond motifs is 1. The zero-order valence-electron chi connectivity index (χ0n) is 22.6. The van der Waals surface area contributed by atoms with E-state index in [-0.39, 0.29) is 18.1 Å². The van der Waals surface area contributed by atoms with Crippen LogP contribution in [0.3, 0.4) is 0 Å². The zero-order valence-corrected chi connectivity index (χ0v) is 22.6. The number of hydrogen-bond donors (Lipinski definition) is 0. The monoisotopic (exact) mass is 500 g/mol. The van der Waals surface area contributed by atoms with Crippen molar-refractivity contribution in [2.75, 3.05) is 20.1 Å². The van der Waals surface area contributed by atoms with Crippen molar-refractivity contribution in [2.45, 2.75) is 58.7 Å². The molecule has 3 heterocycles. The van der Waals surface area contributed by atoms with E-state index < -0.39 is 5.60 Å². The molecule has 5 rings (SSSR count). The van der Waals surface area contributed by atoms with Gasteiger partial charge in [0.2, 0.25) is 0 Å². The van der Waals surface area contributed by atoms with E-state index in [0.29, 0.717) is 0 Å². The molecule has 7 nitrogen and oxygen atoms in total. The lowest BCUT2D eigenvalue weighted by molar-refractivity contribution is 0.0544. The predicted octanol–water partition coefficient (Wildman–Crippen LogP) is 6.09. The molecule has 0 bridgehead atoms. The van der Waals surface area contributed by atoms with Gasteiger partial charge in [-0.15, -0.1) is 0 Å². The first-order valence-corrected chi connectivity index (χ1v) is 12.9. The minimum absolute atomic E-state index is 0.0150.